The van der Waals surface area contributed by atoms with Crippen molar-refractivity contribution in [1.29, 1.82) is 0 Å². The summed E-state index contributed by atoms with van der Waals surface area (Å²) in [6.45, 7) is 2.18. The third kappa shape index (κ3) is 3.05. The monoisotopic (exact) mass is 282 g/mol. The van der Waals surface area contributed by atoms with Crippen molar-refractivity contribution in [1.82, 2.24) is 0 Å². The van der Waals surface area contributed by atoms with Crippen molar-refractivity contribution in [2.24, 2.45) is 0 Å². The van der Waals surface area contributed by atoms with Crippen molar-refractivity contribution in [2.45, 2.75) is 6.92 Å². The van der Waals surface area contributed by atoms with E-state index in [9.17, 15) is 4.79 Å². The van der Waals surface area contributed by atoms with E-state index in [0.717, 1.165) is 11.1 Å². The van der Waals surface area contributed by atoms with Crippen molar-refractivity contribution in [3.63, 3.8) is 0 Å². The average Bonchev–Trinajstić information content (AvgIpc) is 2.94. The zero-order chi connectivity index (χ0) is 14.7. The minimum absolute atomic E-state index is 0.194. The van der Waals surface area contributed by atoms with E-state index in [2.05, 4.69) is 0 Å². The molecule has 106 valence electrons. The molecule has 0 aromatic heterocycles. The number of hydrogen-bond donors (Lipinski definition) is 0. The largest absolute Gasteiger partial charge is 0.454 e. The van der Waals surface area contributed by atoms with Crippen LogP contribution in [-0.2, 0) is 4.79 Å². The van der Waals surface area contributed by atoms with Gasteiger partial charge in [-0.25, -0.2) is 4.79 Å². The lowest BCUT2D eigenvalue weighted by atomic mass is 10.1. The fourth-order valence-electron chi connectivity index (χ4n) is 2.02. The van der Waals surface area contributed by atoms with Gasteiger partial charge in [-0.1, -0.05) is 24.3 Å². The molecule has 2 aromatic rings. The third-order valence-corrected chi connectivity index (χ3v) is 3.15. The molecule has 0 radical (unpaired) electrons. The quantitative estimate of drug-likeness (QED) is 0.492. The summed E-state index contributed by atoms with van der Waals surface area (Å²) in [5.74, 6) is 1.24. The third-order valence-electron chi connectivity index (χ3n) is 3.15. The number of ether oxygens (including phenoxy) is 3. The van der Waals surface area contributed by atoms with E-state index in [1.165, 1.54) is 6.08 Å². The van der Waals surface area contributed by atoms with E-state index in [0.29, 0.717) is 17.2 Å². The maximum Gasteiger partial charge on any atom is 0.336 e. The number of esters is 1. The lowest BCUT2D eigenvalue weighted by molar-refractivity contribution is -0.128. The molecule has 21 heavy (non-hydrogen) atoms. The first-order valence-electron chi connectivity index (χ1n) is 6.57. The molecule has 0 aliphatic carbocycles. The number of hydrogen-bond acceptors (Lipinski definition) is 4. The fourth-order valence-corrected chi connectivity index (χ4v) is 2.02. The highest BCUT2D eigenvalue weighted by molar-refractivity contribution is 5.89. The topological polar surface area (TPSA) is 44.8 Å². The Morgan fingerprint density at radius 3 is 2.81 bits per heavy atom. The summed E-state index contributed by atoms with van der Waals surface area (Å²) in [4.78, 5) is 11.8. The van der Waals surface area contributed by atoms with Crippen LogP contribution in [0.5, 0.6) is 17.2 Å². The standard InChI is InChI=1S/C17H14O4/c1-12-4-2-3-5-13(12)6-9-17(18)21-14-7-8-15-16(10-14)20-11-19-15/h2-10H,11H2,1H3/b9-6+. The Morgan fingerprint density at radius 1 is 1.14 bits per heavy atom. The summed E-state index contributed by atoms with van der Waals surface area (Å²) in [6, 6.07) is 12.8. The number of benzene rings is 2. The Bertz CT molecular complexity index is 704. The van der Waals surface area contributed by atoms with Crippen LogP contribution in [0.25, 0.3) is 6.08 Å². The van der Waals surface area contributed by atoms with Crippen LogP contribution in [-0.4, -0.2) is 12.8 Å². The molecule has 4 heteroatoms. The molecule has 0 atom stereocenters. The molecule has 0 bridgehead atoms. The summed E-state index contributed by atoms with van der Waals surface area (Å²) in [7, 11) is 0. The molecule has 3 rings (SSSR count). The van der Waals surface area contributed by atoms with Gasteiger partial charge in [-0.3, -0.25) is 0 Å². The van der Waals surface area contributed by atoms with Gasteiger partial charge in [0.05, 0.1) is 0 Å². The van der Waals surface area contributed by atoms with E-state index in [1.54, 1.807) is 24.3 Å². The minimum Gasteiger partial charge on any atom is -0.454 e. The second-order valence-electron chi connectivity index (χ2n) is 4.63. The Hall–Kier alpha value is -2.75. The highest BCUT2D eigenvalue weighted by Gasteiger charge is 2.14. The predicted octanol–water partition coefficient (Wildman–Crippen LogP) is 3.34. The molecule has 2 aromatic carbocycles. The van der Waals surface area contributed by atoms with Crippen LogP contribution in [0.3, 0.4) is 0 Å². The number of carbonyl (C=O) groups is 1. The Balaban J connectivity index is 1.68. The fraction of sp³-hybridized carbons (Fsp3) is 0.118. The number of carbonyl (C=O) groups excluding carboxylic acids is 1. The Kier molecular flexibility index (Phi) is 3.60. The van der Waals surface area contributed by atoms with Crippen LogP contribution in [0.15, 0.2) is 48.5 Å². The Morgan fingerprint density at radius 2 is 1.95 bits per heavy atom. The van der Waals surface area contributed by atoms with Crippen LogP contribution in [0, 0.1) is 6.92 Å². The van der Waals surface area contributed by atoms with Crippen LogP contribution >= 0.6 is 0 Å². The zero-order valence-corrected chi connectivity index (χ0v) is 11.5. The first-order chi connectivity index (χ1) is 10.2. The van der Waals surface area contributed by atoms with Gasteiger partial charge in [0.1, 0.15) is 5.75 Å². The molecular weight excluding hydrogens is 268 g/mol. The molecule has 0 spiro atoms. The minimum atomic E-state index is -0.433. The normalized spacial score (nSPS) is 12.6. The number of rotatable bonds is 3. The average molecular weight is 282 g/mol. The van der Waals surface area contributed by atoms with Gasteiger partial charge >= 0.3 is 5.97 Å². The maximum atomic E-state index is 11.8. The van der Waals surface area contributed by atoms with Gasteiger partial charge in [-0.05, 0) is 36.3 Å². The SMILES string of the molecule is Cc1ccccc1/C=C/C(=O)Oc1ccc2c(c1)OCO2. The molecular formula is C17H14O4. The van der Waals surface area contributed by atoms with E-state index in [1.807, 2.05) is 31.2 Å². The number of fused-ring (bicyclic) bond motifs is 1. The second kappa shape index (κ2) is 5.71. The number of aryl methyl sites for hydroxylation is 1. The molecule has 1 heterocycles. The maximum absolute atomic E-state index is 11.8. The van der Waals surface area contributed by atoms with Crippen molar-refractivity contribution in [2.75, 3.05) is 6.79 Å². The summed E-state index contributed by atoms with van der Waals surface area (Å²) >= 11 is 0. The van der Waals surface area contributed by atoms with Crippen LogP contribution in [0.1, 0.15) is 11.1 Å². The molecule has 0 N–H and O–H groups in total. The first kappa shape index (κ1) is 13.2. The van der Waals surface area contributed by atoms with Crippen LogP contribution in [0.4, 0.5) is 0 Å². The van der Waals surface area contributed by atoms with E-state index in [4.69, 9.17) is 14.2 Å². The van der Waals surface area contributed by atoms with Gasteiger partial charge < -0.3 is 14.2 Å². The van der Waals surface area contributed by atoms with E-state index in [-0.39, 0.29) is 6.79 Å². The van der Waals surface area contributed by atoms with Crippen molar-refractivity contribution >= 4 is 12.0 Å². The van der Waals surface area contributed by atoms with Crippen molar-refractivity contribution in [3.8, 4) is 17.2 Å². The van der Waals surface area contributed by atoms with Gasteiger partial charge in [0.15, 0.2) is 11.5 Å². The van der Waals surface area contributed by atoms with Gasteiger partial charge in [-0.15, -0.1) is 0 Å². The van der Waals surface area contributed by atoms with Crippen LogP contribution < -0.4 is 14.2 Å². The summed E-state index contributed by atoms with van der Waals surface area (Å²) in [6.07, 6.45) is 3.15. The van der Waals surface area contributed by atoms with E-state index >= 15 is 0 Å². The second-order valence-corrected chi connectivity index (χ2v) is 4.63. The molecule has 4 nitrogen and oxygen atoms in total. The lowest BCUT2D eigenvalue weighted by Crippen LogP contribution is -2.03. The summed E-state index contributed by atoms with van der Waals surface area (Å²) in [5, 5.41) is 0. The first-order valence-corrected chi connectivity index (χ1v) is 6.57. The Labute approximate surface area is 122 Å². The lowest BCUT2D eigenvalue weighted by Gasteiger charge is -2.03. The molecule has 0 saturated heterocycles. The van der Waals surface area contributed by atoms with E-state index < -0.39 is 5.97 Å². The van der Waals surface area contributed by atoms with Gasteiger partial charge in [0, 0.05) is 12.1 Å². The molecule has 0 amide bonds. The predicted molar refractivity (Wildman–Crippen MR) is 78.4 cm³/mol. The highest BCUT2D eigenvalue weighted by Crippen LogP contribution is 2.35. The molecule has 1 aliphatic heterocycles. The molecule has 0 fully saturated rings. The van der Waals surface area contributed by atoms with Gasteiger partial charge in [0.2, 0.25) is 6.79 Å². The van der Waals surface area contributed by atoms with Crippen molar-refractivity contribution in [3.05, 3.63) is 59.7 Å². The molecule has 0 unspecified atom stereocenters. The van der Waals surface area contributed by atoms with Crippen molar-refractivity contribution < 1.29 is 19.0 Å². The molecule has 1 aliphatic rings. The smallest absolute Gasteiger partial charge is 0.336 e. The summed E-state index contributed by atoms with van der Waals surface area (Å²) in [5.41, 5.74) is 2.09. The van der Waals surface area contributed by atoms with Crippen LogP contribution in [0.2, 0.25) is 0 Å². The zero-order valence-electron chi connectivity index (χ0n) is 11.5. The summed E-state index contributed by atoms with van der Waals surface area (Å²) < 4.78 is 15.7. The molecule has 0 saturated carbocycles. The highest BCUT2D eigenvalue weighted by atomic mass is 16.7. The van der Waals surface area contributed by atoms with Gasteiger partial charge in [0.25, 0.3) is 0 Å². The van der Waals surface area contributed by atoms with Gasteiger partial charge in [-0.2, -0.15) is 0 Å².